The SMILES string of the molecule is COc1cc(OC)c(C2SCCN2S(=O)(=O)c2c(C)n[nH]c2C)cc1OC. The van der Waals surface area contributed by atoms with Gasteiger partial charge in [0.2, 0.25) is 10.0 Å². The van der Waals surface area contributed by atoms with Crippen LogP contribution in [0.1, 0.15) is 22.3 Å². The van der Waals surface area contributed by atoms with Gasteiger partial charge < -0.3 is 14.2 Å². The molecule has 1 saturated heterocycles. The molecular formula is C17H23N3O5S2. The van der Waals surface area contributed by atoms with Crippen LogP contribution in [0.25, 0.3) is 0 Å². The van der Waals surface area contributed by atoms with E-state index in [2.05, 4.69) is 10.2 Å². The van der Waals surface area contributed by atoms with Crippen molar-refractivity contribution in [3.05, 3.63) is 29.1 Å². The van der Waals surface area contributed by atoms with Crippen molar-refractivity contribution in [2.75, 3.05) is 33.6 Å². The number of rotatable bonds is 6. The molecule has 1 aliphatic heterocycles. The van der Waals surface area contributed by atoms with Crippen molar-refractivity contribution in [3.63, 3.8) is 0 Å². The Hall–Kier alpha value is -1.91. The minimum atomic E-state index is -3.72. The van der Waals surface area contributed by atoms with Crippen LogP contribution >= 0.6 is 11.8 Å². The molecule has 27 heavy (non-hydrogen) atoms. The van der Waals surface area contributed by atoms with Gasteiger partial charge in [0.25, 0.3) is 0 Å². The van der Waals surface area contributed by atoms with Gasteiger partial charge in [-0.15, -0.1) is 11.8 Å². The van der Waals surface area contributed by atoms with Gasteiger partial charge in [0, 0.05) is 23.9 Å². The summed E-state index contributed by atoms with van der Waals surface area (Å²) in [5, 5.41) is 6.36. The summed E-state index contributed by atoms with van der Waals surface area (Å²) in [6.07, 6.45) is 0. The van der Waals surface area contributed by atoms with E-state index in [0.717, 1.165) is 5.56 Å². The fourth-order valence-corrected chi connectivity index (χ4v) is 6.81. The van der Waals surface area contributed by atoms with E-state index < -0.39 is 15.4 Å². The number of hydrogen-bond donors (Lipinski definition) is 1. The third kappa shape index (κ3) is 3.37. The number of ether oxygens (including phenoxy) is 3. The summed E-state index contributed by atoms with van der Waals surface area (Å²) in [6, 6.07) is 3.49. The number of H-pyrrole nitrogens is 1. The minimum absolute atomic E-state index is 0.231. The van der Waals surface area contributed by atoms with Gasteiger partial charge in [0.15, 0.2) is 11.5 Å². The Morgan fingerprint density at radius 3 is 2.30 bits per heavy atom. The van der Waals surface area contributed by atoms with E-state index >= 15 is 0 Å². The maximum absolute atomic E-state index is 13.4. The molecule has 1 aliphatic rings. The predicted molar refractivity (Wildman–Crippen MR) is 103 cm³/mol. The lowest BCUT2D eigenvalue weighted by atomic mass is 10.1. The summed E-state index contributed by atoms with van der Waals surface area (Å²) < 4.78 is 44.4. The molecule has 1 aromatic carbocycles. The maximum Gasteiger partial charge on any atom is 0.248 e. The molecule has 8 nitrogen and oxygen atoms in total. The highest BCUT2D eigenvalue weighted by atomic mass is 32.2. The lowest BCUT2D eigenvalue weighted by Gasteiger charge is -2.25. The molecule has 1 N–H and O–H groups in total. The van der Waals surface area contributed by atoms with Crippen molar-refractivity contribution in [2.24, 2.45) is 0 Å². The third-order valence-corrected chi connectivity index (χ3v) is 7.98. The number of aryl methyl sites for hydroxylation is 2. The van der Waals surface area contributed by atoms with E-state index in [1.807, 2.05) is 0 Å². The molecule has 0 bridgehead atoms. The molecule has 2 aromatic rings. The number of aromatic nitrogens is 2. The molecule has 148 valence electrons. The maximum atomic E-state index is 13.4. The minimum Gasteiger partial charge on any atom is -0.496 e. The Bertz CT molecular complexity index is 923. The molecule has 1 aromatic heterocycles. The highest BCUT2D eigenvalue weighted by Crippen LogP contribution is 2.48. The van der Waals surface area contributed by atoms with E-state index in [0.29, 0.717) is 40.9 Å². The van der Waals surface area contributed by atoms with Crippen LogP contribution in [-0.4, -0.2) is 56.5 Å². The molecule has 0 saturated carbocycles. The Kier molecular flexibility index (Phi) is 5.59. The Morgan fingerprint density at radius 2 is 1.74 bits per heavy atom. The van der Waals surface area contributed by atoms with Gasteiger partial charge in [0.05, 0.1) is 38.1 Å². The van der Waals surface area contributed by atoms with Crippen molar-refractivity contribution in [2.45, 2.75) is 24.1 Å². The second kappa shape index (κ2) is 7.61. The second-order valence-corrected chi connectivity index (χ2v) is 9.07. The fraction of sp³-hybridized carbons (Fsp3) is 0.471. The van der Waals surface area contributed by atoms with Crippen molar-refractivity contribution >= 4 is 21.8 Å². The topological polar surface area (TPSA) is 93.8 Å². The van der Waals surface area contributed by atoms with E-state index in [-0.39, 0.29) is 4.90 Å². The standard InChI is InChI=1S/C17H23N3O5S2/c1-10-16(11(2)19-18-10)27(21,22)20-6-7-26-17(20)12-8-14(24-4)15(25-5)9-13(12)23-3/h8-9,17H,6-7H2,1-5H3,(H,18,19). The number of hydrogen-bond acceptors (Lipinski definition) is 7. The Labute approximate surface area is 163 Å². The van der Waals surface area contributed by atoms with Crippen molar-refractivity contribution in [3.8, 4) is 17.2 Å². The lowest BCUT2D eigenvalue weighted by Crippen LogP contribution is -2.31. The number of nitrogens with one attached hydrogen (secondary N) is 1. The average molecular weight is 414 g/mol. The molecular weight excluding hydrogens is 390 g/mol. The van der Waals surface area contributed by atoms with Gasteiger partial charge in [-0.25, -0.2) is 8.42 Å². The highest BCUT2D eigenvalue weighted by molar-refractivity contribution is 8.01. The van der Waals surface area contributed by atoms with Gasteiger partial charge in [-0.2, -0.15) is 9.40 Å². The van der Waals surface area contributed by atoms with Crippen LogP contribution in [0.3, 0.4) is 0 Å². The summed E-state index contributed by atoms with van der Waals surface area (Å²) in [4.78, 5) is 0.231. The molecule has 0 aliphatic carbocycles. The van der Waals surface area contributed by atoms with E-state index in [1.165, 1.54) is 4.31 Å². The van der Waals surface area contributed by atoms with Gasteiger partial charge in [-0.05, 0) is 19.9 Å². The first kappa shape index (κ1) is 19.8. The number of nitrogens with zero attached hydrogens (tertiary/aromatic N) is 2. The molecule has 0 radical (unpaired) electrons. The monoisotopic (exact) mass is 413 g/mol. The lowest BCUT2D eigenvalue weighted by molar-refractivity contribution is 0.344. The highest BCUT2D eigenvalue weighted by Gasteiger charge is 2.40. The predicted octanol–water partition coefficient (Wildman–Crippen LogP) is 2.49. The zero-order valence-corrected chi connectivity index (χ0v) is 17.5. The fourth-order valence-electron chi connectivity index (χ4n) is 3.23. The molecule has 0 spiro atoms. The Morgan fingerprint density at radius 1 is 1.11 bits per heavy atom. The third-order valence-electron chi connectivity index (χ3n) is 4.48. The number of benzene rings is 1. The van der Waals surface area contributed by atoms with Gasteiger partial charge in [0.1, 0.15) is 10.6 Å². The quantitative estimate of drug-likeness (QED) is 0.777. The van der Waals surface area contributed by atoms with Crippen LogP contribution in [0.2, 0.25) is 0 Å². The Balaban J connectivity index is 2.10. The van der Waals surface area contributed by atoms with E-state index in [9.17, 15) is 8.42 Å². The zero-order valence-electron chi connectivity index (χ0n) is 15.9. The smallest absolute Gasteiger partial charge is 0.248 e. The first-order valence-corrected chi connectivity index (χ1v) is 10.8. The summed E-state index contributed by atoms with van der Waals surface area (Å²) in [5.41, 5.74) is 1.71. The molecule has 10 heteroatoms. The molecule has 1 fully saturated rings. The van der Waals surface area contributed by atoms with Crippen LogP contribution in [0, 0.1) is 13.8 Å². The number of aromatic amines is 1. The molecule has 1 unspecified atom stereocenters. The summed E-state index contributed by atoms with van der Waals surface area (Å²) in [5.74, 6) is 2.27. The van der Waals surface area contributed by atoms with Crippen LogP contribution in [0.4, 0.5) is 0 Å². The van der Waals surface area contributed by atoms with Gasteiger partial charge in [-0.1, -0.05) is 0 Å². The van der Waals surface area contributed by atoms with Crippen LogP contribution in [-0.2, 0) is 10.0 Å². The number of sulfonamides is 1. The number of thioether (sulfide) groups is 1. The molecule has 2 heterocycles. The normalized spacial score (nSPS) is 17.9. The largest absolute Gasteiger partial charge is 0.496 e. The van der Waals surface area contributed by atoms with Crippen molar-refractivity contribution in [1.82, 2.24) is 14.5 Å². The second-order valence-electron chi connectivity index (χ2n) is 6.05. The van der Waals surface area contributed by atoms with Crippen LogP contribution in [0.15, 0.2) is 17.0 Å². The molecule has 3 rings (SSSR count). The van der Waals surface area contributed by atoms with Gasteiger partial charge >= 0.3 is 0 Å². The van der Waals surface area contributed by atoms with E-state index in [4.69, 9.17) is 14.2 Å². The van der Waals surface area contributed by atoms with Crippen LogP contribution in [0.5, 0.6) is 17.2 Å². The molecule has 1 atom stereocenters. The molecule has 0 amide bonds. The van der Waals surface area contributed by atoms with Crippen molar-refractivity contribution in [1.29, 1.82) is 0 Å². The van der Waals surface area contributed by atoms with Crippen LogP contribution < -0.4 is 14.2 Å². The first-order valence-electron chi connectivity index (χ1n) is 8.30. The number of methoxy groups -OCH3 is 3. The first-order chi connectivity index (χ1) is 12.8. The van der Waals surface area contributed by atoms with Crippen molar-refractivity contribution < 1.29 is 22.6 Å². The van der Waals surface area contributed by atoms with Gasteiger partial charge in [-0.3, -0.25) is 5.10 Å². The summed E-state index contributed by atoms with van der Waals surface area (Å²) >= 11 is 1.54. The zero-order chi connectivity index (χ0) is 19.8. The average Bonchev–Trinajstić information content (AvgIpc) is 3.27. The van der Waals surface area contributed by atoms with E-state index in [1.54, 1.807) is 59.1 Å². The summed E-state index contributed by atoms with van der Waals surface area (Å²) in [6.45, 7) is 3.80. The summed E-state index contributed by atoms with van der Waals surface area (Å²) in [7, 11) is 0.914.